The molecule has 8 heteroatoms. The first-order valence-electron chi connectivity index (χ1n) is 5.58. The van der Waals surface area contributed by atoms with E-state index in [2.05, 4.69) is 10.4 Å². The van der Waals surface area contributed by atoms with E-state index < -0.39 is 16.9 Å². The maximum Gasteiger partial charge on any atom is 0.334 e. The van der Waals surface area contributed by atoms with E-state index in [1.165, 1.54) is 11.6 Å². The summed E-state index contributed by atoms with van der Waals surface area (Å²) in [5.74, 6) is -0.958. The van der Waals surface area contributed by atoms with Gasteiger partial charge in [-0.3, -0.25) is 14.9 Å². The molecule has 0 radical (unpaired) electrons. The molecule has 0 amide bonds. The second-order valence-electron chi connectivity index (χ2n) is 3.98. The molecule has 8 nitrogen and oxygen atoms in total. The highest BCUT2D eigenvalue weighted by Gasteiger charge is 2.28. The molecular weight excluding hydrogens is 240 g/mol. The largest absolute Gasteiger partial charge is 0.480 e. The monoisotopic (exact) mass is 256 g/mol. The Morgan fingerprint density at radius 2 is 2.28 bits per heavy atom. The van der Waals surface area contributed by atoms with Gasteiger partial charge < -0.3 is 10.4 Å². The van der Waals surface area contributed by atoms with Gasteiger partial charge >= 0.3 is 11.7 Å². The van der Waals surface area contributed by atoms with E-state index in [0.717, 1.165) is 6.42 Å². The molecule has 2 N–H and O–H groups in total. The van der Waals surface area contributed by atoms with E-state index >= 15 is 0 Å². The van der Waals surface area contributed by atoms with Crippen molar-refractivity contribution in [3.63, 3.8) is 0 Å². The molecule has 0 aromatic carbocycles. The van der Waals surface area contributed by atoms with Gasteiger partial charge in [0.2, 0.25) is 5.82 Å². The number of rotatable bonds is 6. The number of carboxylic acid groups (broad SMARTS) is 1. The third-order valence-corrected chi connectivity index (χ3v) is 2.48. The number of carboxylic acids is 1. The number of nitrogens with one attached hydrogen (secondary N) is 1. The number of aryl methyl sites for hydroxylation is 2. The molecule has 0 saturated heterocycles. The van der Waals surface area contributed by atoms with Crippen molar-refractivity contribution in [3.8, 4) is 0 Å². The minimum Gasteiger partial charge on any atom is -0.480 e. The molecule has 0 aliphatic rings. The van der Waals surface area contributed by atoms with Gasteiger partial charge in [0.25, 0.3) is 0 Å². The van der Waals surface area contributed by atoms with E-state index in [4.69, 9.17) is 5.11 Å². The minimum absolute atomic E-state index is 0.123. The number of hydrogen-bond acceptors (Lipinski definition) is 5. The van der Waals surface area contributed by atoms with Crippen LogP contribution in [-0.2, 0) is 18.3 Å². The number of hydrogen-bond donors (Lipinski definition) is 2. The highest BCUT2D eigenvalue weighted by Crippen LogP contribution is 2.29. The van der Waals surface area contributed by atoms with Crippen molar-refractivity contribution in [3.05, 3.63) is 15.8 Å². The molecule has 0 aliphatic carbocycles. The summed E-state index contributed by atoms with van der Waals surface area (Å²) in [6.45, 7) is 3.31. The lowest BCUT2D eigenvalue weighted by Gasteiger charge is -2.09. The molecule has 0 spiro atoms. The van der Waals surface area contributed by atoms with Crippen molar-refractivity contribution in [2.24, 2.45) is 7.05 Å². The number of nitro groups is 1. The Labute approximate surface area is 104 Å². The second kappa shape index (κ2) is 5.48. The Morgan fingerprint density at radius 3 is 2.72 bits per heavy atom. The van der Waals surface area contributed by atoms with Crippen LogP contribution >= 0.6 is 0 Å². The highest BCUT2D eigenvalue weighted by atomic mass is 16.6. The van der Waals surface area contributed by atoms with Crippen LogP contribution in [0.1, 0.15) is 26.0 Å². The molecule has 0 aliphatic heterocycles. The maximum absolute atomic E-state index is 11.0. The van der Waals surface area contributed by atoms with Gasteiger partial charge in [0.15, 0.2) is 0 Å². The van der Waals surface area contributed by atoms with Gasteiger partial charge in [-0.25, -0.2) is 4.68 Å². The first-order valence-corrected chi connectivity index (χ1v) is 5.58. The lowest BCUT2D eigenvalue weighted by atomic mass is 10.2. The van der Waals surface area contributed by atoms with Crippen molar-refractivity contribution in [1.82, 2.24) is 9.78 Å². The third kappa shape index (κ3) is 2.76. The fourth-order valence-corrected chi connectivity index (χ4v) is 1.59. The molecule has 1 aromatic rings. The number of carbonyl (C=O) groups is 1. The molecule has 18 heavy (non-hydrogen) atoms. The predicted molar refractivity (Wildman–Crippen MR) is 64.6 cm³/mol. The van der Waals surface area contributed by atoms with Gasteiger partial charge in [0.1, 0.15) is 11.7 Å². The average Bonchev–Trinajstić information content (AvgIpc) is 2.55. The smallest absolute Gasteiger partial charge is 0.334 e. The fraction of sp³-hybridized carbons (Fsp3) is 0.600. The predicted octanol–water partition coefficient (Wildman–Crippen LogP) is 1.17. The molecule has 1 aromatic heterocycles. The molecule has 100 valence electrons. The number of aliphatic carboxylic acids is 1. The lowest BCUT2D eigenvalue weighted by Crippen LogP contribution is -2.26. The minimum atomic E-state index is -1.08. The maximum atomic E-state index is 11.0. The molecule has 0 bridgehead atoms. The standard InChI is InChI=1S/C10H16N4O4/c1-4-5-7-8(14(17)18)9(13(3)12-7)11-6(2)10(15)16/h6,11H,4-5H2,1-3H3,(H,15,16). The third-order valence-electron chi connectivity index (χ3n) is 2.48. The van der Waals surface area contributed by atoms with Gasteiger partial charge in [0, 0.05) is 7.05 Å². The number of anilines is 1. The Bertz CT molecular complexity index is 469. The molecular formula is C10H16N4O4. The first-order chi connectivity index (χ1) is 8.38. The summed E-state index contributed by atoms with van der Waals surface area (Å²) >= 11 is 0. The van der Waals surface area contributed by atoms with Gasteiger partial charge in [-0.05, 0) is 13.3 Å². The number of aromatic nitrogens is 2. The van der Waals surface area contributed by atoms with Crippen LogP contribution in [0.3, 0.4) is 0 Å². The van der Waals surface area contributed by atoms with Crippen LogP contribution in [0.2, 0.25) is 0 Å². The van der Waals surface area contributed by atoms with E-state index in [9.17, 15) is 14.9 Å². The van der Waals surface area contributed by atoms with Crippen LogP contribution in [0.25, 0.3) is 0 Å². The van der Waals surface area contributed by atoms with Crippen molar-refractivity contribution < 1.29 is 14.8 Å². The normalized spacial score (nSPS) is 12.2. The average molecular weight is 256 g/mol. The summed E-state index contributed by atoms with van der Waals surface area (Å²) in [6.07, 6.45) is 1.21. The SMILES string of the molecule is CCCc1nn(C)c(NC(C)C(=O)O)c1[N+](=O)[O-]. The summed E-state index contributed by atoms with van der Waals surface area (Å²) < 4.78 is 1.31. The Morgan fingerprint density at radius 1 is 1.67 bits per heavy atom. The second-order valence-corrected chi connectivity index (χ2v) is 3.98. The van der Waals surface area contributed by atoms with Crippen LogP contribution in [0.15, 0.2) is 0 Å². The zero-order valence-corrected chi connectivity index (χ0v) is 10.5. The van der Waals surface area contributed by atoms with E-state index in [1.807, 2.05) is 6.92 Å². The highest BCUT2D eigenvalue weighted by molar-refractivity contribution is 5.77. The molecule has 1 rings (SSSR count). The summed E-state index contributed by atoms with van der Waals surface area (Å²) in [7, 11) is 1.54. The van der Waals surface area contributed by atoms with E-state index in [1.54, 1.807) is 7.05 Å². The zero-order chi connectivity index (χ0) is 13.9. The van der Waals surface area contributed by atoms with Crippen molar-refractivity contribution in [2.45, 2.75) is 32.7 Å². The quantitative estimate of drug-likeness (QED) is 0.583. The van der Waals surface area contributed by atoms with Gasteiger partial charge in [0.05, 0.1) is 4.92 Å². The molecule has 0 fully saturated rings. The van der Waals surface area contributed by atoms with Crippen LogP contribution < -0.4 is 5.32 Å². The Kier molecular flexibility index (Phi) is 4.24. The molecule has 1 heterocycles. The van der Waals surface area contributed by atoms with Gasteiger partial charge in [-0.1, -0.05) is 13.3 Å². The van der Waals surface area contributed by atoms with Gasteiger partial charge in [-0.2, -0.15) is 5.10 Å². The van der Waals surface area contributed by atoms with Crippen LogP contribution in [0.5, 0.6) is 0 Å². The zero-order valence-electron chi connectivity index (χ0n) is 10.5. The van der Waals surface area contributed by atoms with Gasteiger partial charge in [-0.15, -0.1) is 0 Å². The van der Waals surface area contributed by atoms with Crippen LogP contribution in [0.4, 0.5) is 11.5 Å². The summed E-state index contributed by atoms with van der Waals surface area (Å²) in [5, 5.41) is 26.5. The summed E-state index contributed by atoms with van der Waals surface area (Å²) in [5.41, 5.74) is 0.220. The molecule has 0 saturated carbocycles. The fourth-order valence-electron chi connectivity index (χ4n) is 1.59. The summed E-state index contributed by atoms with van der Waals surface area (Å²) in [4.78, 5) is 21.3. The van der Waals surface area contributed by atoms with Crippen molar-refractivity contribution in [2.75, 3.05) is 5.32 Å². The topological polar surface area (TPSA) is 110 Å². The van der Waals surface area contributed by atoms with Crippen molar-refractivity contribution >= 4 is 17.5 Å². The first kappa shape index (κ1) is 13.9. The number of nitrogens with zero attached hydrogens (tertiary/aromatic N) is 3. The van der Waals surface area contributed by atoms with Crippen LogP contribution in [0, 0.1) is 10.1 Å². The van der Waals surface area contributed by atoms with Crippen LogP contribution in [-0.4, -0.2) is 31.8 Å². The Balaban J connectivity index is 3.17. The molecule has 1 atom stereocenters. The lowest BCUT2D eigenvalue weighted by molar-refractivity contribution is -0.384. The van der Waals surface area contributed by atoms with Crippen molar-refractivity contribution in [1.29, 1.82) is 0 Å². The van der Waals surface area contributed by atoms with E-state index in [-0.39, 0.29) is 11.5 Å². The summed E-state index contributed by atoms with van der Waals surface area (Å²) in [6, 6.07) is -0.923. The van der Waals surface area contributed by atoms with E-state index in [0.29, 0.717) is 12.1 Å². The Hall–Kier alpha value is -2.12. The molecule has 1 unspecified atom stereocenters.